The second-order valence-corrected chi connectivity index (χ2v) is 4.00. The van der Waals surface area contributed by atoms with Gasteiger partial charge in [0.25, 0.3) is 0 Å². The van der Waals surface area contributed by atoms with Crippen LogP contribution in [0.25, 0.3) is 0 Å². The number of aliphatic hydroxyl groups is 1. The van der Waals surface area contributed by atoms with Crippen LogP contribution in [0.1, 0.15) is 17.2 Å². The van der Waals surface area contributed by atoms with E-state index in [4.69, 9.17) is 11.6 Å². The molecule has 2 aromatic rings. The number of nitrogens with zero attached hydrogens (tertiary/aromatic N) is 2. The summed E-state index contributed by atoms with van der Waals surface area (Å²) in [5.41, 5.74) is 0.831. The molecule has 1 N–H and O–H groups in total. The second kappa shape index (κ2) is 5.21. The summed E-state index contributed by atoms with van der Waals surface area (Å²) in [7, 11) is 0. The average Bonchev–Trinajstić information content (AvgIpc) is 2.35. The highest BCUT2D eigenvalue weighted by Crippen LogP contribution is 2.24. The van der Waals surface area contributed by atoms with E-state index in [2.05, 4.69) is 9.97 Å². The van der Waals surface area contributed by atoms with Gasteiger partial charge in [0, 0.05) is 35.0 Å². The molecule has 0 radical (unpaired) electrons. The lowest BCUT2D eigenvalue weighted by Crippen LogP contribution is -2.05. The summed E-state index contributed by atoms with van der Waals surface area (Å²) in [6, 6.07) is 4.43. The largest absolute Gasteiger partial charge is 0.388 e. The maximum atomic E-state index is 13.5. The third-order valence-corrected chi connectivity index (χ3v) is 2.78. The van der Waals surface area contributed by atoms with Gasteiger partial charge in [-0.25, -0.2) is 14.4 Å². The topological polar surface area (TPSA) is 46.0 Å². The first-order valence-corrected chi connectivity index (χ1v) is 5.42. The zero-order chi connectivity index (χ0) is 12.3. The normalized spacial score (nSPS) is 12.4. The number of aliphatic hydroxyl groups excluding tert-OH is 1. The van der Waals surface area contributed by atoms with Crippen molar-refractivity contribution in [1.29, 1.82) is 0 Å². The molecule has 0 amide bonds. The lowest BCUT2D eigenvalue weighted by molar-refractivity contribution is 0.176. The van der Waals surface area contributed by atoms with Crippen molar-refractivity contribution in [2.45, 2.75) is 12.5 Å². The molecule has 2 rings (SSSR count). The van der Waals surface area contributed by atoms with Crippen LogP contribution in [0.2, 0.25) is 5.02 Å². The van der Waals surface area contributed by atoms with Crippen LogP contribution in [0.4, 0.5) is 4.39 Å². The van der Waals surface area contributed by atoms with Crippen LogP contribution in [-0.2, 0) is 6.42 Å². The van der Waals surface area contributed by atoms with Crippen LogP contribution in [-0.4, -0.2) is 15.1 Å². The summed E-state index contributed by atoms with van der Waals surface area (Å²) in [6.45, 7) is 0. The van der Waals surface area contributed by atoms with Gasteiger partial charge >= 0.3 is 0 Å². The van der Waals surface area contributed by atoms with Gasteiger partial charge in [-0.3, -0.25) is 0 Å². The lowest BCUT2D eigenvalue weighted by Gasteiger charge is -2.11. The monoisotopic (exact) mass is 252 g/mol. The standard InChI is InChI=1S/C12H10ClFN2O/c13-10-2-1-3-11(14)9(10)4-12(17)8-5-15-7-16-6-8/h1-3,5-7,12,17H,4H2. The number of hydrogen-bond donors (Lipinski definition) is 1. The molecule has 0 bridgehead atoms. The second-order valence-electron chi connectivity index (χ2n) is 3.59. The van der Waals surface area contributed by atoms with Gasteiger partial charge in [-0.1, -0.05) is 17.7 Å². The molecule has 5 heteroatoms. The Hall–Kier alpha value is -1.52. The Balaban J connectivity index is 2.22. The van der Waals surface area contributed by atoms with Gasteiger partial charge in [0.15, 0.2) is 0 Å². The van der Waals surface area contributed by atoms with Gasteiger partial charge in [-0.15, -0.1) is 0 Å². The Morgan fingerprint density at radius 2 is 2.00 bits per heavy atom. The third-order valence-electron chi connectivity index (χ3n) is 2.42. The van der Waals surface area contributed by atoms with Gasteiger partial charge in [0.1, 0.15) is 12.1 Å². The van der Waals surface area contributed by atoms with E-state index in [1.165, 1.54) is 30.9 Å². The van der Waals surface area contributed by atoms with Gasteiger partial charge in [0.2, 0.25) is 0 Å². The predicted octanol–water partition coefficient (Wildman–Crippen LogP) is 2.55. The highest BCUT2D eigenvalue weighted by Gasteiger charge is 2.14. The van der Waals surface area contributed by atoms with Crippen molar-refractivity contribution in [3.05, 3.63) is 58.9 Å². The molecule has 1 atom stereocenters. The highest BCUT2D eigenvalue weighted by molar-refractivity contribution is 6.31. The zero-order valence-electron chi connectivity index (χ0n) is 8.85. The number of halogens is 2. The number of rotatable bonds is 3. The summed E-state index contributed by atoms with van der Waals surface area (Å²) in [4.78, 5) is 7.59. The maximum Gasteiger partial charge on any atom is 0.127 e. The molecular formula is C12H10ClFN2O. The number of aromatic nitrogens is 2. The number of hydrogen-bond acceptors (Lipinski definition) is 3. The molecule has 0 aliphatic rings. The summed E-state index contributed by atoms with van der Waals surface area (Å²) in [6.07, 6.45) is 3.58. The van der Waals surface area contributed by atoms with E-state index in [1.807, 2.05) is 0 Å². The van der Waals surface area contributed by atoms with E-state index >= 15 is 0 Å². The molecule has 0 spiro atoms. The molecule has 1 aromatic carbocycles. The fraction of sp³-hybridized carbons (Fsp3) is 0.167. The van der Waals surface area contributed by atoms with Gasteiger partial charge in [-0.05, 0) is 12.1 Å². The van der Waals surface area contributed by atoms with E-state index < -0.39 is 11.9 Å². The van der Waals surface area contributed by atoms with Crippen LogP contribution in [0.5, 0.6) is 0 Å². The lowest BCUT2D eigenvalue weighted by atomic mass is 10.0. The van der Waals surface area contributed by atoms with Crippen LogP contribution in [0, 0.1) is 5.82 Å². The Morgan fingerprint density at radius 3 is 2.65 bits per heavy atom. The van der Waals surface area contributed by atoms with Crippen LogP contribution in [0.15, 0.2) is 36.9 Å². The van der Waals surface area contributed by atoms with E-state index in [1.54, 1.807) is 6.07 Å². The Labute approximate surface area is 103 Å². The number of benzene rings is 1. The summed E-state index contributed by atoms with van der Waals surface area (Å²) >= 11 is 5.88. The molecule has 0 aliphatic carbocycles. The van der Waals surface area contributed by atoms with Crippen molar-refractivity contribution in [2.75, 3.05) is 0 Å². The first kappa shape index (κ1) is 12.0. The Bertz CT molecular complexity index is 487. The molecule has 88 valence electrons. The average molecular weight is 253 g/mol. The summed E-state index contributed by atoms with van der Waals surface area (Å²) in [5, 5.41) is 10.2. The van der Waals surface area contributed by atoms with E-state index in [0.29, 0.717) is 16.1 Å². The quantitative estimate of drug-likeness (QED) is 0.913. The van der Waals surface area contributed by atoms with Gasteiger partial charge in [-0.2, -0.15) is 0 Å². The van der Waals surface area contributed by atoms with Crippen molar-refractivity contribution in [2.24, 2.45) is 0 Å². The van der Waals surface area contributed by atoms with E-state index in [-0.39, 0.29) is 6.42 Å². The molecular weight excluding hydrogens is 243 g/mol. The van der Waals surface area contributed by atoms with Gasteiger partial charge < -0.3 is 5.11 Å². The van der Waals surface area contributed by atoms with Crippen molar-refractivity contribution < 1.29 is 9.50 Å². The SMILES string of the molecule is OC(Cc1c(F)cccc1Cl)c1cncnc1. The molecule has 0 fully saturated rings. The van der Waals surface area contributed by atoms with Gasteiger partial charge in [0.05, 0.1) is 6.10 Å². The van der Waals surface area contributed by atoms with Crippen molar-refractivity contribution in [1.82, 2.24) is 9.97 Å². The molecule has 17 heavy (non-hydrogen) atoms. The summed E-state index contributed by atoms with van der Waals surface area (Å²) < 4.78 is 13.5. The van der Waals surface area contributed by atoms with Crippen LogP contribution < -0.4 is 0 Å². The highest BCUT2D eigenvalue weighted by atomic mass is 35.5. The van der Waals surface area contributed by atoms with E-state index in [0.717, 1.165) is 0 Å². The third kappa shape index (κ3) is 2.78. The minimum absolute atomic E-state index is 0.0961. The first-order chi connectivity index (χ1) is 8.18. The van der Waals surface area contributed by atoms with Crippen molar-refractivity contribution in [3.63, 3.8) is 0 Å². The van der Waals surface area contributed by atoms with E-state index in [9.17, 15) is 9.50 Å². The first-order valence-electron chi connectivity index (χ1n) is 5.04. The fourth-order valence-electron chi connectivity index (χ4n) is 1.52. The Morgan fingerprint density at radius 1 is 1.29 bits per heavy atom. The van der Waals surface area contributed by atoms with Crippen molar-refractivity contribution >= 4 is 11.6 Å². The zero-order valence-corrected chi connectivity index (χ0v) is 9.60. The van der Waals surface area contributed by atoms with Crippen LogP contribution in [0.3, 0.4) is 0 Å². The minimum atomic E-state index is -0.870. The fourth-order valence-corrected chi connectivity index (χ4v) is 1.76. The van der Waals surface area contributed by atoms with Crippen molar-refractivity contribution in [3.8, 4) is 0 Å². The molecule has 3 nitrogen and oxygen atoms in total. The maximum absolute atomic E-state index is 13.5. The van der Waals surface area contributed by atoms with Crippen LogP contribution >= 0.6 is 11.6 Å². The minimum Gasteiger partial charge on any atom is -0.388 e. The Kier molecular flexibility index (Phi) is 3.66. The molecule has 0 saturated carbocycles. The molecule has 0 saturated heterocycles. The summed E-state index contributed by atoms with van der Waals surface area (Å²) in [5.74, 6) is -0.423. The smallest absolute Gasteiger partial charge is 0.127 e. The molecule has 1 aromatic heterocycles. The molecule has 0 aliphatic heterocycles. The molecule has 1 unspecified atom stereocenters. The molecule has 1 heterocycles. The predicted molar refractivity (Wildman–Crippen MR) is 62.1 cm³/mol.